The summed E-state index contributed by atoms with van der Waals surface area (Å²) in [7, 11) is 0. The van der Waals surface area contributed by atoms with Gasteiger partial charge in [0.1, 0.15) is 0 Å². The summed E-state index contributed by atoms with van der Waals surface area (Å²) >= 11 is 12.1. The van der Waals surface area contributed by atoms with Gasteiger partial charge >= 0.3 is 0 Å². The van der Waals surface area contributed by atoms with Gasteiger partial charge in [-0.15, -0.1) is 0 Å². The zero-order chi connectivity index (χ0) is 23.0. The molecule has 0 saturated heterocycles. The number of hydrogen-bond donors (Lipinski definition) is 1. The molecule has 0 atom stereocenters. The molecule has 0 unspecified atom stereocenters. The Hall–Kier alpha value is -3.47. The summed E-state index contributed by atoms with van der Waals surface area (Å²) in [5.41, 5.74) is 4.00. The van der Waals surface area contributed by atoms with Crippen LogP contribution in [0.1, 0.15) is 27.0 Å². The highest BCUT2D eigenvalue weighted by molar-refractivity contribution is 7.80. The number of thiocarbonyl (C=S) groups is 1. The zero-order valence-electron chi connectivity index (χ0n) is 17.9. The number of nitrogens with zero attached hydrogens (tertiary/aromatic N) is 1. The van der Waals surface area contributed by atoms with Gasteiger partial charge in [-0.25, -0.2) is 0 Å². The maximum Gasteiger partial charge on any atom is 0.195 e. The van der Waals surface area contributed by atoms with Crippen molar-refractivity contribution in [2.24, 2.45) is 0 Å². The van der Waals surface area contributed by atoms with Crippen LogP contribution < -0.4 is 5.32 Å². The van der Waals surface area contributed by atoms with E-state index in [1.165, 1.54) is 0 Å². The van der Waals surface area contributed by atoms with Gasteiger partial charge in [-0.1, -0.05) is 103 Å². The molecular formula is C28H23ClN2OS. The highest BCUT2D eigenvalue weighted by Crippen LogP contribution is 2.25. The third-order valence-electron chi connectivity index (χ3n) is 5.22. The minimum absolute atomic E-state index is 0.110. The van der Waals surface area contributed by atoms with E-state index < -0.39 is 0 Å². The molecule has 33 heavy (non-hydrogen) atoms. The van der Waals surface area contributed by atoms with Gasteiger partial charge in [-0.3, -0.25) is 4.79 Å². The quantitative estimate of drug-likeness (QED) is 0.233. The first-order chi connectivity index (χ1) is 16.1. The maximum atomic E-state index is 13.2. The van der Waals surface area contributed by atoms with Gasteiger partial charge in [-0.05, 0) is 41.5 Å². The average Bonchev–Trinajstić information content (AvgIpc) is 2.86. The van der Waals surface area contributed by atoms with E-state index in [0.717, 1.165) is 11.1 Å². The van der Waals surface area contributed by atoms with E-state index in [1.54, 1.807) is 30.3 Å². The smallest absolute Gasteiger partial charge is 0.195 e. The molecule has 0 aliphatic heterocycles. The number of carbonyl (C=O) groups is 1. The molecule has 0 bridgehead atoms. The summed E-state index contributed by atoms with van der Waals surface area (Å²) < 4.78 is 0. The van der Waals surface area contributed by atoms with Crippen LogP contribution in [0.4, 0.5) is 5.69 Å². The molecule has 1 N–H and O–H groups in total. The van der Waals surface area contributed by atoms with E-state index in [1.807, 2.05) is 54.6 Å². The van der Waals surface area contributed by atoms with Gasteiger partial charge < -0.3 is 10.2 Å². The predicted molar refractivity (Wildman–Crippen MR) is 140 cm³/mol. The predicted octanol–water partition coefficient (Wildman–Crippen LogP) is 6.97. The minimum Gasteiger partial charge on any atom is -0.340 e. The molecule has 0 heterocycles. The summed E-state index contributed by atoms with van der Waals surface area (Å²) in [6.07, 6.45) is 0. The third kappa shape index (κ3) is 6.07. The molecule has 4 aromatic rings. The Kier molecular flexibility index (Phi) is 7.51. The van der Waals surface area contributed by atoms with Crippen molar-refractivity contribution in [3.8, 4) is 0 Å². The summed E-state index contributed by atoms with van der Waals surface area (Å²) in [6.45, 7) is 1.27. The monoisotopic (exact) mass is 470 g/mol. The van der Waals surface area contributed by atoms with Crippen LogP contribution >= 0.6 is 23.8 Å². The Morgan fingerprint density at radius 2 is 1.27 bits per heavy atom. The van der Waals surface area contributed by atoms with Crippen LogP contribution in [0.2, 0.25) is 5.02 Å². The first kappa shape index (κ1) is 22.7. The number of benzene rings is 4. The number of nitrogens with one attached hydrogen (secondary N) is 1. The molecule has 0 aromatic heterocycles. The first-order valence-electron chi connectivity index (χ1n) is 10.6. The fourth-order valence-corrected chi connectivity index (χ4v) is 3.97. The zero-order valence-corrected chi connectivity index (χ0v) is 19.5. The number of halogens is 1. The fraction of sp³-hybridized carbons (Fsp3) is 0.0714. The highest BCUT2D eigenvalue weighted by atomic mass is 35.5. The SMILES string of the molecule is O=C(c1ccccc1)c1cc(Cl)ccc1NC(=S)N(Cc1ccccc1)Cc1ccccc1. The topological polar surface area (TPSA) is 32.3 Å². The Balaban J connectivity index is 1.61. The Labute approximate surface area is 204 Å². The maximum absolute atomic E-state index is 13.2. The second-order valence-electron chi connectivity index (χ2n) is 7.64. The van der Waals surface area contributed by atoms with E-state index in [9.17, 15) is 4.79 Å². The summed E-state index contributed by atoms with van der Waals surface area (Å²) in [5.74, 6) is -0.110. The van der Waals surface area contributed by atoms with Crippen LogP contribution in [0.15, 0.2) is 109 Å². The van der Waals surface area contributed by atoms with E-state index >= 15 is 0 Å². The number of hydrogen-bond acceptors (Lipinski definition) is 2. The molecule has 0 radical (unpaired) electrons. The number of carbonyl (C=O) groups excluding carboxylic acids is 1. The molecule has 0 aliphatic rings. The van der Waals surface area contributed by atoms with Gasteiger partial charge in [0.2, 0.25) is 0 Å². The molecule has 0 saturated carbocycles. The third-order valence-corrected chi connectivity index (χ3v) is 5.82. The van der Waals surface area contributed by atoms with Crippen molar-refractivity contribution >= 4 is 40.4 Å². The lowest BCUT2D eigenvalue weighted by molar-refractivity contribution is 0.103. The Morgan fingerprint density at radius 1 is 0.758 bits per heavy atom. The second-order valence-corrected chi connectivity index (χ2v) is 8.47. The van der Waals surface area contributed by atoms with Gasteiger partial charge in [0.25, 0.3) is 0 Å². The number of rotatable bonds is 7. The molecule has 0 aliphatic carbocycles. The van der Waals surface area contributed by atoms with Crippen molar-refractivity contribution in [3.05, 3.63) is 136 Å². The van der Waals surface area contributed by atoms with Crippen molar-refractivity contribution < 1.29 is 4.79 Å². The molecule has 4 rings (SSSR count). The lowest BCUT2D eigenvalue weighted by Crippen LogP contribution is -2.34. The van der Waals surface area contributed by atoms with Crippen LogP contribution in [0.5, 0.6) is 0 Å². The van der Waals surface area contributed by atoms with Crippen LogP contribution in [-0.2, 0) is 13.1 Å². The minimum atomic E-state index is -0.110. The molecule has 5 heteroatoms. The van der Waals surface area contributed by atoms with Crippen LogP contribution in [0.25, 0.3) is 0 Å². The van der Waals surface area contributed by atoms with Crippen molar-refractivity contribution in [1.82, 2.24) is 4.90 Å². The van der Waals surface area contributed by atoms with Crippen molar-refractivity contribution in [2.45, 2.75) is 13.1 Å². The van der Waals surface area contributed by atoms with Crippen molar-refractivity contribution in [1.29, 1.82) is 0 Å². The Morgan fingerprint density at radius 3 is 1.82 bits per heavy atom. The normalized spacial score (nSPS) is 10.5. The van der Waals surface area contributed by atoms with Crippen LogP contribution in [0.3, 0.4) is 0 Å². The molecule has 3 nitrogen and oxygen atoms in total. The van der Waals surface area contributed by atoms with E-state index in [0.29, 0.717) is 40.0 Å². The van der Waals surface area contributed by atoms with Gasteiger partial charge in [0.05, 0.1) is 5.69 Å². The largest absolute Gasteiger partial charge is 0.340 e. The molecule has 4 aromatic carbocycles. The highest BCUT2D eigenvalue weighted by Gasteiger charge is 2.18. The molecular weight excluding hydrogens is 448 g/mol. The van der Waals surface area contributed by atoms with Crippen LogP contribution in [-0.4, -0.2) is 15.8 Å². The number of anilines is 1. The lowest BCUT2D eigenvalue weighted by Gasteiger charge is -2.27. The summed E-state index contributed by atoms with van der Waals surface area (Å²) in [5, 5.41) is 4.34. The van der Waals surface area contributed by atoms with Gasteiger partial charge in [0.15, 0.2) is 10.9 Å². The van der Waals surface area contributed by atoms with E-state index in [2.05, 4.69) is 34.5 Å². The summed E-state index contributed by atoms with van der Waals surface area (Å²) in [4.78, 5) is 15.3. The Bertz CT molecular complexity index is 1190. The lowest BCUT2D eigenvalue weighted by atomic mass is 10.0. The van der Waals surface area contributed by atoms with E-state index in [-0.39, 0.29) is 5.78 Å². The van der Waals surface area contributed by atoms with Crippen molar-refractivity contribution in [3.63, 3.8) is 0 Å². The second kappa shape index (κ2) is 10.9. The molecule has 0 amide bonds. The fourth-order valence-electron chi connectivity index (χ4n) is 3.56. The average molecular weight is 471 g/mol. The van der Waals surface area contributed by atoms with Gasteiger partial charge in [-0.2, -0.15) is 0 Å². The van der Waals surface area contributed by atoms with Crippen molar-refractivity contribution in [2.75, 3.05) is 5.32 Å². The molecule has 0 fully saturated rings. The van der Waals surface area contributed by atoms with E-state index in [4.69, 9.17) is 23.8 Å². The van der Waals surface area contributed by atoms with Crippen LogP contribution in [0, 0.1) is 0 Å². The first-order valence-corrected chi connectivity index (χ1v) is 11.4. The van der Waals surface area contributed by atoms with Gasteiger partial charge in [0, 0.05) is 29.2 Å². The molecule has 0 spiro atoms. The summed E-state index contributed by atoms with van der Waals surface area (Å²) in [6, 6.07) is 34.8. The molecule has 164 valence electrons. The number of ketones is 1. The standard InChI is InChI=1S/C28H23ClN2OS/c29-24-16-17-26(25(18-24)27(32)23-14-8-3-9-15-23)30-28(33)31(19-21-10-4-1-5-11-21)20-22-12-6-2-7-13-22/h1-18H,19-20H2,(H,30,33).